The van der Waals surface area contributed by atoms with Crippen LogP contribution in [0.15, 0.2) is 11.8 Å². The number of rotatable bonds is 3. The van der Waals surface area contributed by atoms with E-state index in [4.69, 9.17) is 13.6 Å². The van der Waals surface area contributed by atoms with Gasteiger partial charge in [0.2, 0.25) is 0 Å². The Kier molecular flexibility index (Phi) is 4.52. The molecule has 0 unspecified atom stereocenters. The highest BCUT2D eigenvalue weighted by atomic mass is 14.6. The lowest BCUT2D eigenvalue weighted by Crippen LogP contribution is -1.95. The Morgan fingerprint density at radius 1 is 1.75 bits per heavy atom. The van der Waals surface area contributed by atoms with Gasteiger partial charge in [-0.2, -0.15) is 0 Å². The van der Waals surface area contributed by atoms with Gasteiger partial charge in [0.15, 0.2) is 0 Å². The Morgan fingerprint density at radius 2 is 2.38 bits per heavy atom. The van der Waals surface area contributed by atoms with Gasteiger partial charge in [-0.05, 0) is 12.8 Å². The highest BCUT2D eigenvalue weighted by molar-refractivity contribution is 6.08. The molecule has 0 saturated carbocycles. The van der Waals surface area contributed by atoms with Crippen LogP contribution in [0.2, 0.25) is 6.32 Å². The standard InChI is InChI=1S/C6H12BN/c1-2-3-6(8)4-5-7/h3H,2,4-5,8H2,1H3/b6-3-. The molecule has 2 heteroatoms. The molecule has 0 rings (SSSR count). The monoisotopic (exact) mass is 109 g/mol. The molecule has 0 atom stereocenters. The first-order valence-corrected chi connectivity index (χ1v) is 2.95. The van der Waals surface area contributed by atoms with Crippen LogP contribution in [0.5, 0.6) is 0 Å². The van der Waals surface area contributed by atoms with E-state index in [1.807, 2.05) is 6.08 Å². The second kappa shape index (κ2) is 4.76. The van der Waals surface area contributed by atoms with E-state index in [1.165, 1.54) is 0 Å². The van der Waals surface area contributed by atoms with Crippen LogP contribution in [0.3, 0.4) is 0 Å². The fourth-order valence-electron chi connectivity index (χ4n) is 0.531. The zero-order valence-electron chi connectivity index (χ0n) is 5.35. The van der Waals surface area contributed by atoms with Crippen LogP contribution in [0.4, 0.5) is 0 Å². The Bertz CT molecular complexity index is 78.6. The van der Waals surface area contributed by atoms with Crippen LogP contribution in [0.25, 0.3) is 0 Å². The lowest BCUT2D eigenvalue weighted by molar-refractivity contribution is 1.03. The SMILES string of the molecule is [B]CC/C(N)=C/CC. The average molecular weight is 109 g/mol. The van der Waals surface area contributed by atoms with Crippen LogP contribution in [-0.2, 0) is 0 Å². The van der Waals surface area contributed by atoms with Gasteiger partial charge in [-0.15, -0.1) is 0 Å². The molecule has 0 bridgehead atoms. The van der Waals surface area contributed by atoms with Gasteiger partial charge >= 0.3 is 0 Å². The second-order valence-electron chi connectivity index (χ2n) is 1.73. The quantitative estimate of drug-likeness (QED) is 0.541. The van der Waals surface area contributed by atoms with Crippen molar-refractivity contribution >= 4 is 7.85 Å². The summed E-state index contributed by atoms with van der Waals surface area (Å²) < 4.78 is 0. The third-order valence-electron chi connectivity index (χ3n) is 0.899. The van der Waals surface area contributed by atoms with E-state index in [2.05, 4.69) is 6.92 Å². The van der Waals surface area contributed by atoms with E-state index < -0.39 is 0 Å². The Balaban J connectivity index is 3.29. The number of hydrogen-bond acceptors (Lipinski definition) is 1. The minimum absolute atomic E-state index is 0.655. The highest BCUT2D eigenvalue weighted by Gasteiger charge is 1.82. The molecule has 0 aliphatic heterocycles. The predicted molar refractivity (Wildman–Crippen MR) is 37.7 cm³/mol. The molecule has 44 valence electrons. The van der Waals surface area contributed by atoms with Gasteiger partial charge in [-0.1, -0.05) is 19.3 Å². The smallest absolute Gasteiger partial charge is 0.0658 e. The van der Waals surface area contributed by atoms with Crippen LogP contribution in [0, 0.1) is 0 Å². The van der Waals surface area contributed by atoms with Gasteiger partial charge in [0.1, 0.15) is 0 Å². The van der Waals surface area contributed by atoms with Gasteiger partial charge in [0.25, 0.3) is 0 Å². The predicted octanol–water partition coefficient (Wildman–Crippen LogP) is 1.22. The summed E-state index contributed by atoms with van der Waals surface area (Å²) in [5.41, 5.74) is 6.39. The maximum absolute atomic E-state index is 5.48. The van der Waals surface area contributed by atoms with Crippen molar-refractivity contribution in [1.29, 1.82) is 0 Å². The molecule has 0 amide bonds. The summed E-state index contributed by atoms with van der Waals surface area (Å²) in [7, 11) is 5.24. The van der Waals surface area contributed by atoms with Crippen molar-refractivity contribution in [1.82, 2.24) is 0 Å². The minimum atomic E-state index is 0.655. The summed E-state index contributed by atoms with van der Waals surface area (Å²) in [6.45, 7) is 2.06. The largest absolute Gasteiger partial charge is 0.402 e. The van der Waals surface area contributed by atoms with Crippen molar-refractivity contribution in [3.63, 3.8) is 0 Å². The van der Waals surface area contributed by atoms with E-state index >= 15 is 0 Å². The van der Waals surface area contributed by atoms with E-state index in [0.717, 1.165) is 18.5 Å². The summed E-state index contributed by atoms with van der Waals surface area (Å²) in [4.78, 5) is 0. The van der Waals surface area contributed by atoms with Crippen LogP contribution < -0.4 is 5.73 Å². The van der Waals surface area contributed by atoms with Crippen molar-refractivity contribution in [2.45, 2.75) is 26.1 Å². The van der Waals surface area contributed by atoms with Crippen molar-refractivity contribution in [3.8, 4) is 0 Å². The molecule has 1 nitrogen and oxygen atoms in total. The third kappa shape index (κ3) is 3.78. The molecule has 0 aromatic carbocycles. The number of hydrogen-bond donors (Lipinski definition) is 1. The molecule has 0 aliphatic rings. The normalized spacial score (nSPS) is 11.9. The Hall–Kier alpha value is -0.395. The van der Waals surface area contributed by atoms with Crippen molar-refractivity contribution in [3.05, 3.63) is 11.8 Å². The number of nitrogens with two attached hydrogens (primary N) is 1. The summed E-state index contributed by atoms with van der Waals surface area (Å²) in [5, 5.41) is 0. The van der Waals surface area contributed by atoms with Crippen LogP contribution in [0.1, 0.15) is 19.8 Å². The first-order valence-electron chi connectivity index (χ1n) is 2.95. The fraction of sp³-hybridized carbons (Fsp3) is 0.667. The third-order valence-corrected chi connectivity index (χ3v) is 0.899. The molecule has 0 aromatic heterocycles. The first-order chi connectivity index (χ1) is 3.81. The van der Waals surface area contributed by atoms with E-state index in [0.29, 0.717) is 6.32 Å². The molecule has 8 heavy (non-hydrogen) atoms. The number of allylic oxidation sites excluding steroid dienone is 2. The molecule has 0 spiro atoms. The molecule has 0 aromatic rings. The Morgan fingerprint density at radius 3 is 2.75 bits per heavy atom. The van der Waals surface area contributed by atoms with Crippen molar-refractivity contribution < 1.29 is 0 Å². The van der Waals surface area contributed by atoms with Crippen molar-refractivity contribution in [2.75, 3.05) is 0 Å². The molecular formula is C6H12BN. The molecule has 2 radical (unpaired) electrons. The summed E-state index contributed by atoms with van der Waals surface area (Å²) in [5.74, 6) is 0. The van der Waals surface area contributed by atoms with E-state index in [9.17, 15) is 0 Å². The van der Waals surface area contributed by atoms with Crippen LogP contribution in [-0.4, -0.2) is 7.85 Å². The molecular weight excluding hydrogens is 96.9 g/mol. The topological polar surface area (TPSA) is 26.0 Å². The van der Waals surface area contributed by atoms with Gasteiger partial charge < -0.3 is 5.73 Å². The molecule has 2 N–H and O–H groups in total. The lowest BCUT2D eigenvalue weighted by atomic mass is 10.0. The van der Waals surface area contributed by atoms with Gasteiger partial charge in [0.05, 0.1) is 7.85 Å². The maximum atomic E-state index is 5.48. The summed E-state index contributed by atoms with van der Waals surface area (Å²) in [6.07, 6.45) is 4.48. The van der Waals surface area contributed by atoms with E-state index in [-0.39, 0.29) is 0 Å². The Labute approximate surface area is 52.4 Å². The summed E-state index contributed by atoms with van der Waals surface area (Å²) >= 11 is 0. The zero-order valence-corrected chi connectivity index (χ0v) is 5.35. The van der Waals surface area contributed by atoms with E-state index in [1.54, 1.807) is 0 Å². The average Bonchev–Trinajstić information content (AvgIpc) is 1.68. The lowest BCUT2D eigenvalue weighted by Gasteiger charge is -1.94. The van der Waals surface area contributed by atoms with Gasteiger partial charge in [0, 0.05) is 5.70 Å². The van der Waals surface area contributed by atoms with Crippen molar-refractivity contribution in [2.24, 2.45) is 5.73 Å². The minimum Gasteiger partial charge on any atom is -0.402 e. The highest BCUT2D eigenvalue weighted by Crippen LogP contribution is 1.96. The maximum Gasteiger partial charge on any atom is 0.0658 e. The van der Waals surface area contributed by atoms with Gasteiger partial charge in [-0.3, -0.25) is 0 Å². The summed E-state index contributed by atoms with van der Waals surface area (Å²) in [6, 6.07) is 0. The fourth-order valence-corrected chi connectivity index (χ4v) is 0.531. The molecule has 0 fully saturated rings. The van der Waals surface area contributed by atoms with Crippen LogP contribution >= 0.6 is 0 Å². The second-order valence-corrected chi connectivity index (χ2v) is 1.73. The zero-order chi connectivity index (χ0) is 6.41. The molecule has 0 saturated heterocycles. The molecule has 0 aliphatic carbocycles. The van der Waals surface area contributed by atoms with Gasteiger partial charge in [-0.25, -0.2) is 0 Å². The first kappa shape index (κ1) is 7.60. The molecule has 0 heterocycles.